The first-order valence-electron chi connectivity index (χ1n) is 7.19. The molecule has 2 aliphatic rings. The predicted molar refractivity (Wildman–Crippen MR) is 71.5 cm³/mol. The molecule has 19 heavy (non-hydrogen) atoms. The Balaban J connectivity index is 1.95. The fourth-order valence-electron chi connectivity index (χ4n) is 2.82. The van der Waals surface area contributed by atoms with Crippen LogP contribution in [0.2, 0.25) is 0 Å². The summed E-state index contributed by atoms with van der Waals surface area (Å²) in [5, 5.41) is 2.79. The first-order valence-corrected chi connectivity index (χ1v) is 7.19. The highest BCUT2D eigenvalue weighted by atomic mass is 16.5. The van der Waals surface area contributed by atoms with Gasteiger partial charge in [-0.3, -0.25) is 9.59 Å². The molecule has 5 nitrogen and oxygen atoms in total. The molecule has 0 aromatic carbocycles. The van der Waals surface area contributed by atoms with Crippen LogP contribution in [0.15, 0.2) is 0 Å². The van der Waals surface area contributed by atoms with E-state index in [9.17, 15) is 9.59 Å². The summed E-state index contributed by atoms with van der Waals surface area (Å²) in [7, 11) is 0. The normalized spacial score (nSPS) is 32.0. The standard InChI is InChI=1S/C14H24N2O3/c1-9(2)6-12-14(18)16(8-13(17)15-12)7-11-5-4-10(3)19-11/h9-12H,4-8H2,1-3H3,(H,15,17). The van der Waals surface area contributed by atoms with Gasteiger partial charge in [0.2, 0.25) is 11.8 Å². The van der Waals surface area contributed by atoms with Crippen LogP contribution in [0, 0.1) is 5.92 Å². The van der Waals surface area contributed by atoms with Crippen LogP contribution in [-0.2, 0) is 14.3 Å². The number of rotatable bonds is 4. The van der Waals surface area contributed by atoms with E-state index in [1.807, 2.05) is 6.92 Å². The molecule has 2 aliphatic heterocycles. The maximum Gasteiger partial charge on any atom is 0.245 e. The molecular formula is C14H24N2O3. The van der Waals surface area contributed by atoms with Crippen molar-refractivity contribution in [2.75, 3.05) is 13.1 Å². The molecule has 0 saturated carbocycles. The molecule has 108 valence electrons. The van der Waals surface area contributed by atoms with Crippen molar-refractivity contribution in [3.05, 3.63) is 0 Å². The van der Waals surface area contributed by atoms with Gasteiger partial charge in [0.15, 0.2) is 0 Å². The molecule has 2 heterocycles. The average Bonchev–Trinajstić information content (AvgIpc) is 2.70. The second kappa shape index (κ2) is 5.90. The lowest BCUT2D eigenvalue weighted by atomic mass is 10.0. The summed E-state index contributed by atoms with van der Waals surface area (Å²) < 4.78 is 5.74. The number of ether oxygens (including phenoxy) is 1. The average molecular weight is 268 g/mol. The minimum atomic E-state index is -0.361. The Morgan fingerprint density at radius 1 is 1.37 bits per heavy atom. The van der Waals surface area contributed by atoms with E-state index in [2.05, 4.69) is 19.2 Å². The highest BCUT2D eigenvalue weighted by Gasteiger charge is 2.35. The van der Waals surface area contributed by atoms with Gasteiger partial charge in [-0.15, -0.1) is 0 Å². The van der Waals surface area contributed by atoms with Gasteiger partial charge in [-0.05, 0) is 32.1 Å². The van der Waals surface area contributed by atoms with Gasteiger partial charge in [0.25, 0.3) is 0 Å². The van der Waals surface area contributed by atoms with Crippen LogP contribution in [0.25, 0.3) is 0 Å². The Morgan fingerprint density at radius 2 is 2.11 bits per heavy atom. The van der Waals surface area contributed by atoms with E-state index in [4.69, 9.17) is 4.74 Å². The van der Waals surface area contributed by atoms with E-state index in [1.165, 1.54) is 0 Å². The number of hydrogen-bond donors (Lipinski definition) is 1. The van der Waals surface area contributed by atoms with Crippen LogP contribution in [0.3, 0.4) is 0 Å². The number of amides is 2. The Bertz CT molecular complexity index is 357. The van der Waals surface area contributed by atoms with Crippen molar-refractivity contribution < 1.29 is 14.3 Å². The molecule has 0 aliphatic carbocycles. The zero-order valence-electron chi connectivity index (χ0n) is 12.0. The summed E-state index contributed by atoms with van der Waals surface area (Å²) in [6.07, 6.45) is 3.06. The molecule has 2 fully saturated rings. The molecule has 3 unspecified atom stereocenters. The Morgan fingerprint density at radius 3 is 2.68 bits per heavy atom. The van der Waals surface area contributed by atoms with E-state index in [-0.39, 0.29) is 36.6 Å². The minimum Gasteiger partial charge on any atom is -0.373 e. The monoisotopic (exact) mass is 268 g/mol. The third-order valence-corrected chi connectivity index (χ3v) is 3.73. The molecule has 1 N–H and O–H groups in total. The predicted octanol–water partition coefficient (Wildman–Crippen LogP) is 0.927. The minimum absolute atomic E-state index is 0.0384. The number of piperazine rings is 1. The third-order valence-electron chi connectivity index (χ3n) is 3.73. The van der Waals surface area contributed by atoms with Crippen LogP contribution in [0.4, 0.5) is 0 Å². The second-order valence-corrected chi connectivity index (χ2v) is 6.11. The highest BCUT2D eigenvalue weighted by Crippen LogP contribution is 2.21. The number of nitrogens with zero attached hydrogens (tertiary/aromatic N) is 1. The molecular weight excluding hydrogens is 244 g/mol. The summed E-state index contributed by atoms with van der Waals surface area (Å²) in [5.41, 5.74) is 0. The lowest BCUT2D eigenvalue weighted by molar-refractivity contribution is -0.146. The molecule has 2 amide bonds. The molecule has 5 heteroatoms. The molecule has 0 spiro atoms. The topological polar surface area (TPSA) is 58.6 Å². The van der Waals surface area contributed by atoms with E-state index >= 15 is 0 Å². The number of nitrogens with one attached hydrogen (secondary N) is 1. The van der Waals surface area contributed by atoms with Gasteiger partial charge in [-0.2, -0.15) is 0 Å². The zero-order chi connectivity index (χ0) is 14.0. The second-order valence-electron chi connectivity index (χ2n) is 6.11. The van der Waals surface area contributed by atoms with E-state index < -0.39 is 0 Å². The number of carbonyl (C=O) groups is 2. The molecule has 0 bridgehead atoms. The first kappa shape index (κ1) is 14.3. The number of hydrogen-bond acceptors (Lipinski definition) is 3. The Kier molecular flexibility index (Phi) is 4.45. The van der Waals surface area contributed by atoms with Gasteiger partial charge in [0.1, 0.15) is 6.04 Å². The Hall–Kier alpha value is -1.10. The molecule has 3 atom stereocenters. The van der Waals surface area contributed by atoms with Gasteiger partial charge in [-0.1, -0.05) is 13.8 Å². The third kappa shape index (κ3) is 3.69. The van der Waals surface area contributed by atoms with Crippen molar-refractivity contribution in [3.8, 4) is 0 Å². The van der Waals surface area contributed by atoms with Crippen molar-refractivity contribution >= 4 is 11.8 Å². The first-order chi connectivity index (χ1) is 8.95. The van der Waals surface area contributed by atoms with E-state index in [0.717, 1.165) is 12.8 Å². The van der Waals surface area contributed by atoms with Crippen molar-refractivity contribution in [2.24, 2.45) is 5.92 Å². The summed E-state index contributed by atoms with van der Waals surface area (Å²) in [4.78, 5) is 25.7. The van der Waals surface area contributed by atoms with Crippen molar-refractivity contribution in [1.29, 1.82) is 0 Å². The van der Waals surface area contributed by atoms with Crippen molar-refractivity contribution in [3.63, 3.8) is 0 Å². The number of carbonyl (C=O) groups excluding carboxylic acids is 2. The van der Waals surface area contributed by atoms with Crippen LogP contribution in [-0.4, -0.2) is 48.1 Å². The fraction of sp³-hybridized carbons (Fsp3) is 0.857. The van der Waals surface area contributed by atoms with E-state index in [1.54, 1.807) is 4.90 Å². The van der Waals surface area contributed by atoms with Crippen LogP contribution >= 0.6 is 0 Å². The maximum atomic E-state index is 12.3. The van der Waals surface area contributed by atoms with Crippen LogP contribution < -0.4 is 5.32 Å². The summed E-state index contributed by atoms with van der Waals surface area (Å²) in [6, 6.07) is -0.361. The van der Waals surface area contributed by atoms with Gasteiger partial charge < -0.3 is 15.0 Å². The molecule has 0 aromatic heterocycles. The molecule has 0 aromatic rings. The quantitative estimate of drug-likeness (QED) is 0.825. The summed E-state index contributed by atoms with van der Waals surface area (Å²) >= 11 is 0. The lowest BCUT2D eigenvalue weighted by Crippen LogP contribution is -2.59. The molecule has 2 saturated heterocycles. The van der Waals surface area contributed by atoms with Crippen LogP contribution in [0.5, 0.6) is 0 Å². The largest absolute Gasteiger partial charge is 0.373 e. The van der Waals surface area contributed by atoms with Crippen LogP contribution in [0.1, 0.15) is 40.0 Å². The van der Waals surface area contributed by atoms with Gasteiger partial charge in [-0.25, -0.2) is 0 Å². The van der Waals surface area contributed by atoms with Gasteiger partial charge >= 0.3 is 0 Å². The fourth-order valence-corrected chi connectivity index (χ4v) is 2.82. The highest BCUT2D eigenvalue weighted by molar-refractivity contribution is 5.94. The van der Waals surface area contributed by atoms with E-state index in [0.29, 0.717) is 18.9 Å². The Labute approximate surface area is 114 Å². The maximum absolute atomic E-state index is 12.3. The smallest absolute Gasteiger partial charge is 0.245 e. The van der Waals surface area contributed by atoms with Gasteiger partial charge in [0, 0.05) is 6.54 Å². The summed E-state index contributed by atoms with van der Waals surface area (Å²) in [5.74, 6) is 0.365. The van der Waals surface area contributed by atoms with Crippen molar-refractivity contribution in [2.45, 2.75) is 58.3 Å². The zero-order valence-corrected chi connectivity index (χ0v) is 12.0. The van der Waals surface area contributed by atoms with Crippen molar-refractivity contribution in [1.82, 2.24) is 10.2 Å². The molecule has 0 radical (unpaired) electrons. The molecule has 2 rings (SSSR count). The van der Waals surface area contributed by atoms with Gasteiger partial charge in [0.05, 0.1) is 18.8 Å². The summed E-state index contributed by atoms with van der Waals surface area (Å²) in [6.45, 7) is 6.87. The lowest BCUT2D eigenvalue weighted by Gasteiger charge is -2.34. The SMILES string of the molecule is CC(C)CC1NC(=O)CN(CC2CCC(C)O2)C1=O.